The Bertz CT molecular complexity index is 313. The highest BCUT2D eigenvalue weighted by molar-refractivity contribution is 4.90. The Kier molecular flexibility index (Phi) is 6.10. The molecule has 2 rings (SSSR count). The third-order valence-corrected chi connectivity index (χ3v) is 5.61. The van der Waals surface area contributed by atoms with Crippen LogP contribution in [0.25, 0.3) is 0 Å². The van der Waals surface area contributed by atoms with E-state index in [1.54, 1.807) is 0 Å². The lowest BCUT2D eigenvalue weighted by atomic mass is 9.67. The second-order valence-electron chi connectivity index (χ2n) is 8.33. The van der Waals surface area contributed by atoms with Gasteiger partial charge in [0.15, 0.2) is 0 Å². The van der Waals surface area contributed by atoms with Crippen molar-refractivity contribution < 1.29 is 4.74 Å². The molecule has 0 aromatic rings. The first-order valence-electron chi connectivity index (χ1n) is 8.91. The van der Waals surface area contributed by atoms with Crippen molar-refractivity contribution in [2.75, 3.05) is 33.3 Å². The van der Waals surface area contributed by atoms with Gasteiger partial charge in [0.05, 0.1) is 6.10 Å². The molecule has 3 heteroatoms. The molecule has 1 saturated heterocycles. The van der Waals surface area contributed by atoms with E-state index in [2.05, 4.69) is 45.0 Å². The second-order valence-corrected chi connectivity index (χ2v) is 8.33. The summed E-state index contributed by atoms with van der Waals surface area (Å²) in [5.41, 5.74) is 0.451. The molecule has 2 fully saturated rings. The molecular weight excluding hydrogens is 260 g/mol. The van der Waals surface area contributed by atoms with Gasteiger partial charge in [0.2, 0.25) is 0 Å². The smallest absolute Gasteiger partial charge is 0.0673 e. The Labute approximate surface area is 131 Å². The number of ether oxygens (including phenoxy) is 1. The molecule has 0 aromatic carbocycles. The predicted molar refractivity (Wildman–Crippen MR) is 89.6 cm³/mol. The van der Waals surface area contributed by atoms with Crippen LogP contribution in [0.2, 0.25) is 0 Å². The van der Waals surface area contributed by atoms with Crippen molar-refractivity contribution in [3.8, 4) is 0 Å². The van der Waals surface area contributed by atoms with Crippen molar-refractivity contribution in [3.05, 3.63) is 0 Å². The Morgan fingerprint density at radius 1 is 1.24 bits per heavy atom. The maximum Gasteiger partial charge on any atom is 0.0673 e. The van der Waals surface area contributed by atoms with Gasteiger partial charge in [-0.3, -0.25) is 0 Å². The zero-order chi connectivity index (χ0) is 15.5. The van der Waals surface area contributed by atoms with Gasteiger partial charge in [0.1, 0.15) is 0 Å². The van der Waals surface area contributed by atoms with Gasteiger partial charge >= 0.3 is 0 Å². The number of hydrogen-bond acceptors (Lipinski definition) is 3. The second kappa shape index (κ2) is 7.43. The third kappa shape index (κ3) is 4.94. The van der Waals surface area contributed by atoms with E-state index in [0.717, 1.165) is 25.0 Å². The lowest BCUT2D eigenvalue weighted by Crippen LogP contribution is -2.47. The highest BCUT2D eigenvalue weighted by Gasteiger charge is 2.36. The summed E-state index contributed by atoms with van der Waals surface area (Å²) in [5, 5.41) is 3.58. The van der Waals surface area contributed by atoms with E-state index in [0.29, 0.717) is 17.6 Å². The molecule has 0 radical (unpaired) electrons. The van der Waals surface area contributed by atoms with Gasteiger partial charge in [-0.25, -0.2) is 0 Å². The van der Waals surface area contributed by atoms with Gasteiger partial charge in [-0.2, -0.15) is 0 Å². The summed E-state index contributed by atoms with van der Waals surface area (Å²) >= 11 is 0. The van der Waals surface area contributed by atoms with Crippen LogP contribution in [-0.2, 0) is 4.74 Å². The zero-order valence-corrected chi connectivity index (χ0v) is 14.8. The Morgan fingerprint density at radius 2 is 2.00 bits per heavy atom. The molecular formula is C18H36N2O. The first-order chi connectivity index (χ1) is 9.90. The molecule has 4 atom stereocenters. The summed E-state index contributed by atoms with van der Waals surface area (Å²) in [6, 6.07) is 0.697. The van der Waals surface area contributed by atoms with Crippen molar-refractivity contribution in [2.24, 2.45) is 17.3 Å². The lowest BCUT2D eigenvalue weighted by molar-refractivity contribution is 0.0549. The monoisotopic (exact) mass is 296 g/mol. The molecule has 21 heavy (non-hydrogen) atoms. The molecule has 0 bridgehead atoms. The summed E-state index contributed by atoms with van der Waals surface area (Å²) in [4.78, 5) is 2.65. The van der Waals surface area contributed by atoms with Crippen LogP contribution >= 0.6 is 0 Å². The summed E-state index contributed by atoms with van der Waals surface area (Å²) in [5.74, 6) is 1.66. The fraction of sp³-hybridized carbons (Fsp3) is 1.00. The van der Waals surface area contributed by atoms with Crippen LogP contribution in [0, 0.1) is 17.3 Å². The van der Waals surface area contributed by atoms with E-state index >= 15 is 0 Å². The number of hydrogen-bond donors (Lipinski definition) is 1. The van der Waals surface area contributed by atoms with Crippen LogP contribution < -0.4 is 5.32 Å². The van der Waals surface area contributed by atoms with Gasteiger partial charge in [-0.1, -0.05) is 20.8 Å². The normalized spacial score (nSPS) is 36.4. The molecule has 1 aliphatic heterocycles. The van der Waals surface area contributed by atoms with E-state index in [1.807, 2.05) is 0 Å². The van der Waals surface area contributed by atoms with Crippen LogP contribution in [0.1, 0.15) is 53.4 Å². The SMILES string of the molecule is CNC1CCC(C(C)(C)C)CC1CN1CCCOC(C)C1. The van der Waals surface area contributed by atoms with Crippen molar-refractivity contribution in [1.82, 2.24) is 10.2 Å². The van der Waals surface area contributed by atoms with Gasteiger partial charge in [-0.15, -0.1) is 0 Å². The summed E-state index contributed by atoms with van der Waals surface area (Å²) in [6.07, 6.45) is 5.67. The highest BCUT2D eigenvalue weighted by Crippen LogP contribution is 2.40. The average Bonchev–Trinajstić information content (AvgIpc) is 2.62. The number of nitrogens with one attached hydrogen (secondary N) is 1. The molecule has 1 N–H and O–H groups in total. The molecule has 3 nitrogen and oxygen atoms in total. The minimum atomic E-state index is 0.391. The zero-order valence-electron chi connectivity index (χ0n) is 14.8. The summed E-state index contributed by atoms with van der Waals surface area (Å²) in [7, 11) is 2.14. The molecule has 1 aliphatic carbocycles. The van der Waals surface area contributed by atoms with E-state index in [4.69, 9.17) is 4.74 Å². The first-order valence-corrected chi connectivity index (χ1v) is 8.91. The largest absolute Gasteiger partial charge is 0.377 e. The van der Waals surface area contributed by atoms with Crippen LogP contribution in [0.3, 0.4) is 0 Å². The maximum atomic E-state index is 5.79. The van der Waals surface area contributed by atoms with Crippen molar-refractivity contribution in [3.63, 3.8) is 0 Å². The molecule has 0 aromatic heterocycles. The van der Waals surface area contributed by atoms with E-state index in [1.165, 1.54) is 38.8 Å². The predicted octanol–water partition coefficient (Wildman–Crippen LogP) is 3.15. The summed E-state index contributed by atoms with van der Waals surface area (Å²) in [6.45, 7) is 13.9. The van der Waals surface area contributed by atoms with E-state index in [9.17, 15) is 0 Å². The topological polar surface area (TPSA) is 24.5 Å². The summed E-state index contributed by atoms with van der Waals surface area (Å²) < 4.78 is 5.79. The highest BCUT2D eigenvalue weighted by atomic mass is 16.5. The van der Waals surface area contributed by atoms with E-state index in [-0.39, 0.29) is 0 Å². The van der Waals surface area contributed by atoms with Crippen LogP contribution in [0.15, 0.2) is 0 Å². The number of nitrogens with zero attached hydrogens (tertiary/aromatic N) is 1. The van der Waals surface area contributed by atoms with Crippen molar-refractivity contribution in [1.29, 1.82) is 0 Å². The third-order valence-electron chi connectivity index (χ3n) is 5.61. The van der Waals surface area contributed by atoms with Crippen LogP contribution in [0.5, 0.6) is 0 Å². The minimum Gasteiger partial charge on any atom is -0.377 e. The fourth-order valence-corrected chi connectivity index (χ4v) is 4.21. The molecule has 2 aliphatic rings. The van der Waals surface area contributed by atoms with Crippen molar-refractivity contribution >= 4 is 0 Å². The molecule has 0 spiro atoms. The Balaban J connectivity index is 1.96. The van der Waals surface area contributed by atoms with E-state index < -0.39 is 0 Å². The molecule has 4 unspecified atom stereocenters. The van der Waals surface area contributed by atoms with Crippen LogP contribution in [0.4, 0.5) is 0 Å². The molecule has 1 saturated carbocycles. The van der Waals surface area contributed by atoms with Crippen LogP contribution in [-0.4, -0.2) is 50.3 Å². The van der Waals surface area contributed by atoms with Gasteiger partial charge in [0, 0.05) is 32.3 Å². The van der Waals surface area contributed by atoms with Crippen molar-refractivity contribution in [2.45, 2.75) is 65.5 Å². The quantitative estimate of drug-likeness (QED) is 0.866. The van der Waals surface area contributed by atoms with Gasteiger partial charge in [0.25, 0.3) is 0 Å². The molecule has 1 heterocycles. The number of rotatable bonds is 3. The maximum absolute atomic E-state index is 5.79. The Morgan fingerprint density at radius 3 is 2.67 bits per heavy atom. The molecule has 0 amide bonds. The Hall–Kier alpha value is -0.120. The standard InChI is InChI=1S/C18H36N2O/c1-14-12-20(9-6-10-21-14)13-15-11-16(18(2,3)4)7-8-17(15)19-5/h14-17,19H,6-13H2,1-5H3. The molecule has 124 valence electrons. The lowest BCUT2D eigenvalue weighted by Gasteiger charge is -2.43. The van der Waals surface area contributed by atoms with Gasteiger partial charge < -0.3 is 15.0 Å². The average molecular weight is 296 g/mol. The minimum absolute atomic E-state index is 0.391. The van der Waals surface area contributed by atoms with Gasteiger partial charge in [-0.05, 0) is 56.9 Å². The fourth-order valence-electron chi connectivity index (χ4n) is 4.21. The first kappa shape index (κ1) is 17.2.